The van der Waals surface area contributed by atoms with Crippen molar-refractivity contribution < 1.29 is 24.9 Å². The highest BCUT2D eigenvalue weighted by Crippen LogP contribution is 2.28. The van der Waals surface area contributed by atoms with Crippen molar-refractivity contribution in [2.24, 2.45) is 0 Å². The van der Waals surface area contributed by atoms with Crippen LogP contribution in [0, 0.1) is 0 Å². The predicted molar refractivity (Wildman–Crippen MR) is 76.8 cm³/mol. The van der Waals surface area contributed by atoms with Crippen LogP contribution in [-0.4, -0.2) is 45.9 Å². The van der Waals surface area contributed by atoms with E-state index in [4.69, 9.17) is 5.11 Å². The maximum absolute atomic E-state index is 11.9. The van der Waals surface area contributed by atoms with Gasteiger partial charge in [-0.25, -0.2) is 0 Å². The summed E-state index contributed by atoms with van der Waals surface area (Å²) in [5.41, 5.74) is -2.25. The molecule has 1 aromatic carbocycles. The van der Waals surface area contributed by atoms with Crippen molar-refractivity contribution >= 4 is 11.9 Å². The van der Waals surface area contributed by atoms with Crippen LogP contribution in [-0.2, 0) is 15.0 Å². The number of hydrogen-bond donors (Lipinski definition) is 4. The number of aliphatic hydroxyl groups excluding tert-OH is 1. The van der Waals surface area contributed by atoms with Gasteiger partial charge in [0.05, 0.1) is 12.0 Å². The van der Waals surface area contributed by atoms with Gasteiger partial charge in [-0.3, -0.25) is 9.59 Å². The predicted octanol–water partition coefficient (Wildman–Crippen LogP) is 0.278. The van der Waals surface area contributed by atoms with Crippen molar-refractivity contribution in [2.75, 3.05) is 13.2 Å². The van der Waals surface area contributed by atoms with E-state index in [1.165, 1.54) is 13.8 Å². The van der Waals surface area contributed by atoms with Gasteiger partial charge in [0.15, 0.2) is 0 Å². The van der Waals surface area contributed by atoms with E-state index in [9.17, 15) is 19.8 Å². The number of carbonyl (C=O) groups is 2. The maximum atomic E-state index is 11.9. The molecule has 2 atom stereocenters. The number of carbonyl (C=O) groups excluding carboxylic acids is 1. The first kappa shape index (κ1) is 17.1. The highest BCUT2D eigenvalue weighted by molar-refractivity contribution is 5.89. The van der Waals surface area contributed by atoms with Gasteiger partial charge in [-0.1, -0.05) is 30.3 Å². The molecule has 2 unspecified atom stereocenters. The molecule has 0 aliphatic heterocycles. The Morgan fingerprint density at radius 3 is 2.24 bits per heavy atom. The summed E-state index contributed by atoms with van der Waals surface area (Å²) in [6.07, 6.45) is -0.256. The van der Waals surface area contributed by atoms with Gasteiger partial charge < -0.3 is 20.6 Å². The number of benzene rings is 1. The topological polar surface area (TPSA) is 107 Å². The van der Waals surface area contributed by atoms with Gasteiger partial charge in [0, 0.05) is 13.0 Å². The Kier molecular flexibility index (Phi) is 5.46. The SMILES string of the molecule is CC(O)(CO)CNC(=O)CC(C)(C(=O)O)c1ccccc1. The average molecular weight is 295 g/mol. The molecule has 0 aliphatic carbocycles. The zero-order chi connectivity index (χ0) is 16.1. The van der Waals surface area contributed by atoms with E-state index in [0.717, 1.165) is 0 Å². The molecule has 0 saturated carbocycles. The molecule has 4 N–H and O–H groups in total. The third-order valence-corrected chi connectivity index (χ3v) is 3.40. The Balaban J connectivity index is 2.81. The molecule has 0 bridgehead atoms. The summed E-state index contributed by atoms with van der Waals surface area (Å²) in [5.74, 6) is -1.60. The Hall–Kier alpha value is -1.92. The molecule has 0 aromatic heterocycles. The van der Waals surface area contributed by atoms with E-state index >= 15 is 0 Å². The van der Waals surface area contributed by atoms with Gasteiger partial charge in [-0.15, -0.1) is 0 Å². The summed E-state index contributed by atoms with van der Waals surface area (Å²) < 4.78 is 0. The summed E-state index contributed by atoms with van der Waals surface area (Å²) in [7, 11) is 0. The minimum atomic E-state index is -1.43. The Morgan fingerprint density at radius 1 is 1.19 bits per heavy atom. The van der Waals surface area contributed by atoms with Gasteiger partial charge >= 0.3 is 5.97 Å². The van der Waals surface area contributed by atoms with Crippen molar-refractivity contribution in [1.29, 1.82) is 0 Å². The van der Waals surface area contributed by atoms with Crippen LogP contribution in [0.2, 0.25) is 0 Å². The third-order valence-electron chi connectivity index (χ3n) is 3.40. The van der Waals surface area contributed by atoms with Crippen LogP contribution in [0.5, 0.6) is 0 Å². The van der Waals surface area contributed by atoms with Gasteiger partial charge in [-0.2, -0.15) is 0 Å². The van der Waals surface area contributed by atoms with Crippen LogP contribution < -0.4 is 5.32 Å². The van der Waals surface area contributed by atoms with E-state index in [-0.39, 0.29) is 13.0 Å². The second-order valence-electron chi connectivity index (χ2n) is 5.61. The zero-order valence-electron chi connectivity index (χ0n) is 12.2. The molecule has 0 heterocycles. The van der Waals surface area contributed by atoms with Crippen molar-refractivity contribution in [3.05, 3.63) is 35.9 Å². The normalized spacial score (nSPS) is 16.6. The van der Waals surface area contributed by atoms with E-state index in [1.807, 2.05) is 0 Å². The summed E-state index contributed by atoms with van der Waals surface area (Å²) in [5, 5.41) is 30.4. The van der Waals surface area contributed by atoms with Crippen LogP contribution in [0.4, 0.5) is 0 Å². The van der Waals surface area contributed by atoms with Gasteiger partial charge in [0.2, 0.25) is 5.91 Å². The van der Waals surface area contributed by atoms with Crippen LogP contribution in [0.25, 0.3) is 0 Å². The first-order chi connectivity index (χ1) is 9.71. The van der Waals surface area contributed by atoms with E-state index in [0.29, 0.717) is 5.56 Å². The number of aliphatic hydroxyl groups is 2. The van der Waals surface area contributed by atoms with Gasteiger partial charge in [0.1, 0.15) is 5.60 Å². The standard InChI is InChI=1S/C15H21NO5/c1-14(21,10-17)9-16-12(18)8-15(2,13(19)20)11-6-4-3-5-7-11/h3-7,17,21H,8-10H2,1-2H3,(H,16,18)(H,19,20). The van der Waals surface area contributed by atoms with Crippen LogP contribution in [0.15, 0.2) is 30.3 Å². The summed E-state index contributed by atoms with van der Waals surface area (Å²) in [6, 6.07) is 8.51. The molecule has 1 rings (SSSR count). The van der Waals surface area contributed by atoms with Crippen LogP contribution in [0.3, 0.4) is 0 Å². The molecular formula is C15H21NO5. The molecule has 6 heteroatoms. The van der Waals surface area contributed by atoms with Crippen LogP contribution >= 0.6 is 0 Å². The molecule has 0 aliphatic rings. The number of rotatable bonds is 7. The minimum Gasteiger partial charge on any atom is -0.481 e. The molecule has 1 aromatic rings. The molecule has 1 amide bonds. The molecule has 0 fully saturated rings. The number of nitrogens with one attached hydrogen (secondary N) is 1. The third kappa shape index (κ3) is 4.54. The zero-order valence-corrected chi connectivity index (χ0v) is 12.2. The summed E-state index contributed by atoms with van der Waals surface area (Å²) in [6.45, 7) is 2.21. The van der Waals surface area contributed by atoms with E-state index < -0.39 is 29.5 Å². The summed E-state index contributed by atoms with van der Waals surface area (Å²) >= 11 is 0. The molecule has 0 spiro atoms. The molecular weight excluding hydrogens is 274 g/mol. The maximum Gasteiger partial charge on any atom is 0.314 e. The Bertz CT molecular complexity index is 500. The highest BCUT2D eigenvalue weighted by atomic mass is 16.4. The number of amides is 1. The Labute approximate surface area is 123 Å². The Morgan fingerprint density at radius 2 is 1.76 bits per heavy atom. The summed E-state index contributed by atoms with van der Waals surface area (Å²) in [4.78, 5) is 23.5. The second kappa shape index (κ2) is 6.69. The minimum absolute atomic E-state index is 0.146. The highest BCUT2D eigenvalue weighted by Gasteiger charge is 2.37. The number of carboxylic acid groups (broad SMARTS) is 1. The van der Waals surface area contributed by atoms with Gasteiger partial charge in [-0.05, 0) is 19.4 Å². The smallest absolute Gasteiger partial charge is 0.314 e. The second-order valence-corrected chi connectivity index (χ2v) is 5.61. The lowest BCUT2D eigenvalue weighted by Gasteiger charge is -2.26. The molecule has 0 saturated heterocycles. The first-order valence-corrected chi connectivity index (χ1v) is 6.60. The number of carboxylic acids is 1. The van der Waals surface area contributed by atoms with Crippen molar-refractivity contribution in [3.8, 4) is 0 Å². The lowest BCUT2D eigenvalue weighted by molar-refractivity contribution is -0.145. The van der Waals surface area contributed by atoms with Gasteiger partial charge in [0.25, 0.3) is 0 Å². The number of hydrogen-bond acceptors (Lipinski definition) is 4. The fourth-order valence-corrected chi connectivity index (χ4v) is 1.84. The quantitative estimate of drug-likeness (QED) is 0.578. The van der Waals surface area contributed by atoms with Crippen molar-refractivity contribution in [2.45, 2.75) is 31.3 Å². The molecule has 21 heavy (non-hydrogen) atoms. The largest absolute Gasteiger partial charge is 0.481 e. The number of aliphatic carboxylic acids is 1. The molecule has 0 radical (unpaired) electrons. The van der Waals surface area contributed by atoms with E-state index in [2.05, 4.69) is 5.32 Å². The fourth-order valence-electron chi connectivity index (χ4n) is 1.84. The lowest BCUT2D eigenvalue weighted by Crippen LogP contribution is -2.45. The fraction of sp³-hybridized carbons (Fsp3) is 0.467. The van der Waals surface area contributed by atoms with Crippen molar-refractivity contribution in [1.82, 2.24) is 5.32 Å². The van der Waals surface area contributed by atoms with Crippen molar-refractivity contribution in [3.63, 3.8) is 0 Å². The lowest BCUT2D eigenvalue weighted by atomic mass is 9.79. The van der Waals surface area contributed by atoms with E-state index in [1.54, 1.807) is 30.3 Å². The van der Waals surface area contributed by atoms with Crippen LogP contribution in [0.1, 0.15) is 25.8 Å². The molecule has 116 valence electrons. The molecule has 6 nitrogen and oxygen atoms in total. The first-order valence-electron chi connectivity index (χ1n) is 6.60. The average Bonchev–Trinajstić information content (AvgIpc) is 2.46. The monoisotopic (exact) mass is 295 g/mol.